The van der Waals surface area contributed by atoms with Crippen LogP contribution in [0.25, 0.3) is 0 Å². The van der Waals surface area contributed by atoms with Crippen LogP contribution in [0.2, 0.25) is 0 Å². The quantitative estimate of drug-likeness (QED) is 0.857. The Morgan fingerprint density at radius 3 is 2.89 bits per heavy atom. The topological polar surface area (TPSA) is 26.9 Å². The Morgan fingerprint density at radius 1 is 1.26 bits per heavy atom. The van der Waals surface area contributed by atoms with Crippen molar-refractivity contribution >= 4 is 11.8 Å². The molecule has 2 heterocycles. The van der Waals surface area contributed by atoms with Crippen molar-refractivity contribution in [1.29, 1.82) is 0 Å². The van der Waals surface area contributed by atoms with E-state index >= 15 is 0 Å². The van der Waals surface area contributed by atoms with E-state index < -0.39 is 0 Å². The minimum atomic E-state index is 0.122. The Morgan fingerprint density at radius 2 is 2.05 bits per heavy atom. The second-order valence-corrected chi connectivity index (χ2v) is 6.03. The van der Waals surface area contributed by atoms with Crippen LogP contribution < -0.4 is 5.69 Å². The van der Waals surface area contributed by atoms with Crippen LogP contribution in [0.15, 0.2) is 46.3 Å². The van der Waals surface area contributed by atoms with Gasteiger partial charge in [-0.2, -0.15) is 0 Å². The molecule has 1 aromatic heterocycles. The van der Waals surface area contributed by atoms with Gasteiger partial charge in [0.1, 0.15) is 0 Å². The fourth-order valence-corrected chi connectivity index (χ4v) is 3.86. The zero-order valence-electron chi connectivity index (χ0n) is 11.1. The first kappa shape index (κ1) is 12.6. The lowest BCUT2D eigenvalue weighted by atomic mass is 10.0. The van der Waals surface area contributed by atoms with Crippen molar-refractivity contribution in [1.82, 2.24) is 9.13 Å². The maximum Gasteiger partial charge on any atom is 0.328 e. The minimum Gasteiger partial charge on any atom is -0.299 e. The molecule has 0 aliphatic carbocycles. The van der Waals surface area contributed by atoms with Crippen molar-refractivity contribution in [3.63, 3.8) is 0 Å². The van der Waals surface area contributed by atoms with Crippen molar-refractivity contribution in [2.24, 2.45) is 0 Å². The summed E-state index contributed by atoms with van der Waals surface area (Å²) in [7, 11) is 0. The van der Waals surface area contributed by atoms with E-state index in [0.29, 0.717) is 5.92 Å². The third-order valence-electron chi connectivity index (χ3n) is 3.60. The summed E-state index contributed by atoms with van der Waals surface area (Å²) < 4.78 is 3.65. The first-order chi connectivity index (χ1) is 9.29. The number of hydrogen-bond acceptors (Lipinski definition) is 2. The molecule has 0 fully saturated rings. The summed E-state index contributed by atoms with van der Waals surface area (Å²) in [5.41, 5.74) is 1.51. The number of benzene rings is 1. The maximum atomic E-state index is 12.2. The van der Waals surface area contributed by atoms with Crippen LogP contribution in [-0.4, -0.2) is 14.9 Å². The Kier molecular flexibility index (Phi) is 3.51. The predicted molar refractivity (Wildman–Crippen MR) is 78.9 cm³/mol. The third kappa shape index (κ3) is 2.37. The highest BCUT2D eigenvalue weighted by molar-refractivity contribution is 7.99. The van der Waals surface area contributed by atoms with Gasteiger partial charge in [0.2, 0.25) is 0 Å². The summed E-state index contributed by atoms with van der Waals surface area (Å²) in [4.78, 5) is 13.5. The molecule has 1 aliphatic heterocycles. The molecule has 0 bridgehead atoms. The lowest BCUT2D eigenvalue weighted by Gasteiger charge is -2.10. The Labute approximate surface area is 117 Å². The molecule has 0 amide bonds. The monoisotopic (exact) mass is 274 g/mol. The number of thioether (sulfide) groups is 1. The van der Waals surface area contributed by atoms with Crippen LogP contribution in [0.5, 0.6) is 0 Å². The van der Waals surface area contributed by atoms with Crippen LogP contribution in [0.1, 0.15) is 24.8 Å². The normalized spacial score (nSPS) is 17.6. The molecule has 0 spiro atoms. The maximum absolute atomic E-state index is 12.2. The molecule has 3 nitrogen and oxygen atoms in total. The first-order valence-corrected chi connectivity index (χ1v) is 7.75. The van der Waals surface area contributed by atoms with E-state index in [-0.39, 0.29) is 5.69 Å². The smallest absolute Gasteiger partial charge is 0.299 e. The summed E-state index contributed by atoms with van der Waals surface area (Å²) in [6.07, 6.45) is 4.81. The molecule has 3 rings (SSSR count). The second kappa shape index (κ2) is 5.29. The number of hydrogen-bond donors (Lipinski definition) is 0. The van der Waals surface area contributed by atoms with Gasteiger partial charge in [-0.1, -0.05) is 25.1 Å². The first-order valence-electron chi connectivity index (χ1n) is 6.77. The van der Waals surface area contributed by atoms with E-state index in [1.807, 2.05) is 28.7 Å². The fraction of sp³-hybridized carbons (Fsp3) is 0.400. The summed E-state index contributed by atoms with van der Waals surface area (Å²) in [5.74, 6) is 1.53. The van der Waals surface area contributed by atoms with Gasteiger partial charge in [-0.25, -0.2) is 4.79 Å². The SMILES string of the molecule is CCCn1ccn(CC2CSc3ccccc32)c1=O. The zero-order chi connectivity index (χ0) is 13.2. The van der Waals surface area contributed by atoms with E-state index in [9.17, 15) is 4.79 Å². The van der Waals surface area contributed by atoms with E-state index in [2.05, 4.69) is 31.2 Å². The van der Waals surface area contributed by atoms with Crippen molar-refractivity contribution in [2.45, 2.75) is 37.2 Å². The van der Waals surface area contributed by atoms with Gasteiger partial charge >= 0.3 is 5.69 Å². The molecule has 1 aromatic carbocycles. The number of imidazole rings is 1. The average Bonchev–Trinajstić information content (AvgIpc) is 2.98. The fourth-order valence-electron chi connectivity index (χ4n) is 2.62. The summed E-state index contributed by atoms with van der Waals surface area (Å²) in [6.45, 7) is 3.69. The molecule has 2 aromatic rings. The molecular formula is C15H18N2OS. The van der Waals surface area contributed by atoms with Crippen LogP contribution in [0.3, 0.4) is 0 Å². The average molecular weight is 274 g/mol. The van der Waals surface area contributed by atoms with Gasteiger partial charge in [-0.05, 0) is 18.1 Å². The molecule has 19 heavy (non-hydrogen) atoms. The standard InChI is InChI=1S/C15H18N2OS/c1-2-7-16-8-9-17(15(16)18)10-12-11-19-14-6-4-3-5-13(12)14/h3-6,8-9,12H,2,7,10-11H2,1H3. The third-order valence-corrected chi connectivity index (χ3v) is 4.85. The largest absolute Gasteiger partial charge is 0.328 e. The van der Waals surface area contributed by atoms with E-state index in [4.69, 9.17) is 0 Å². The highest BCUT2D eigenvalue weighted by atomic mass is 32.2. The van der Waals surface area contributed by atoms with Crippen LogP contribution in [0, 0.1) is 0 Å². The summed E-state index contributed by atoms with van der Waals surface area (Å²) in [6, 6.07) is 8.53. The molecule has 1 unspecified atom stereocenters. The van der Waals surface area contributed by atoms with Gasteiger partial charge in [0.15, 0.2) is 0 Å². The Bertz CT molecular complexity index is 629. The van der Waals surface area contributed by atoms with Gasteiger partial charge in [-0.3, -0.25) is 9.13 Å². The van der Waals surface area contributed by atoms with E-state index in [1.54, 1.807) is 4.57 Å². The number of nitrogens with zero attached hydrogens (tertiary/aromatic N) is 2. The summed E-state index contributed by atoms with van der Waals surface area (Å²) in [5, 5.41) is 0. The Balaban J connectivity index is 1.82. The second-order valence-electron chi connectivity index (χ2n) is 4.97. The number of rotatable bonds is 4. The molecule has 0 radical (unpaired) electrons. The predicted octanol–water partition coefficient (Wildman–Crippen LogP) is 2.95. The lowest BCUT2D eigenvalue weighted by Crippen LogP contribution is -2.26. The molecule has 0 N–H and O–H groups in total. The molecule has 1 atom stereocenters. The highest BCUT2D eigenvalue weighted by Gasteiger charge is 2.23. The van der Waals surface area contributed by atoms with Crippen molar-refractivity contribution in [3.8, 4) is 0 Å². The molecule has 100 valence electrons. The molecule has 1 aliphatic rings. The van der Waals surface area contributed by atoms with Gasteiger partial charge in [-0.15, -0.1) is 11.8 Å². The van der Waals surface area contributed by atoms with Crippen molar-refractivity contribution in [3.05, 3.63) is 52.7 Å². The van der Waals surface area contributed by atoms with Gasteiger partial charge < -0.3 is 0 Å². The lowest BCUT2D eigenvalue weighted by molar-refractivity contribution is 0.559. The molecular weight excluding hydrogens is 256 g/mol. The van der Waals surface area contributed by atoms with Crippen molar-refractivity contribution < 1.29 is 0 Å². The zero-order valence-corrected chi connectivity index (χ0v) is 11.9. The van der Waals surface area contributed by atoms with E-state index in [1.165, 1.54) is 10.5 Å². The molecule has 0 saturated carbocycles. The molecule has 4 heteroatoms. The highest BCUT2D eigenvalue weighted by Crippen LogP contribution is 2.39. The Hall–Kier alpha value is -1.42. The van der Waals surface area contributed by atoms with E-state index in [0.717, 1.165) is 25.3 Å². The minimum absolute atomic E-state index is 0.122. The van der Waals surface area contributed by atoms with Gasteiger partial charge in [0, 0.05) is 42.0 Å². The van der Waals surface area contributed by atoms with Gasteiger partial charge in [0.25, 0.3) is 0 Å². The summed E-state index contributed by atoms with van der Waals surface area (Å²) >= 11 is 1.90. The van der Waals surface area contributed by atoms with Gasteiger partial charge in [0.05, 0.1) is 0 Å². The van der Waals surface area contributed by atoms with Crippen molar-refractivity contribution in [2.75, 3.05) is 5.75 Å². The van der Waals surface area contributed by atoms with Crippen LogP contribution in [0.4, 0.5) is 0 Å². The van der Waals surface area contributed by atoms with Crippen LogP contribution >= 0.6 is 11.8 Å². The van der Waals surface area contributed by atoms with Crippen LogP contribution in [-0.2, 0) is 13.1 Å². The number of fused-ring (bicyclic) bond motifs is 1. The number of aromatic nitrogens is 2. The number of aryl methyl sites for hydroxylation is 1. The molecule has 0 saturated heterocycles.